The molecule has 4 aromatic rings. The van der Waals surface area contributed by atoms with Crippen LogP contribution in [0.2, 0.25) is 0 Å². The molecule has 0 radical (unpaired) electrons. The van der Waals surface area contributed by atoms with Crippen LogP contribution in [0.1, 0.15) is 18.1 Å². The normalized spacial score (nSPS) is 10.7. The maximum Gasteiger partial charge on any atom is 0.332 e. The second kappa shape index (κ2) is 6.77. The summed E-state index contributed by atoms with van der Waals surface area (Å²) in [5.74, 6) is 1.00. The second-order valence-electron chi connectivity index (χ2n) is 5.88. The first-order chi connectivity index (χ1) is 13.2. The molecular weight excluding hydrogens is 342 g/mol. The molecule has 0 aliphatic rings. The van der Waals surface area contributed by atoms with E-state index in [-0.39, 0.29) is 5.69 Å². The van der Waals surface area contributed by atoms with Crippen molar-refractivity contribution in [3.05, 3.63) is 76.5 Å². The number of hydrogen-bond acceptors (Lipinski definition) is 5. The number of aromatic nitrogens is 4. The van der Waals surface area contributed by atoms with E-state index < -0.39 is 0 Å². The minimum absolute atomic E-state index is 0.279. The standard InChI is InChI=1S/C20H15N5O2/c1-2-13-10-16(7-5-14(13)11-21)27-18-8-6-15(12-23-18)25-19-17(24-20(25)26)4-3-9-22-19/h3-10,12H,2H2,1H3,(H,24,26). The Balaban J connectivity index is 1.64. The molecule has 0 fully saturated rings. The summed E-state index contributed by atoms with van der Waals surface area (Å²) >= 11 is 0. The molecule has 0 amide bonds. The van der Waals surface area contributed by atoms with Crippen molar-refractivity contribution in [2.75, 3.05) is 0 Å². The number of aryl methyl sites for hydroxylation is 1. The van der Waals surface area contributed by atoms with Crippen LogP contribution in [0.5, 0.6) is 11.6 Å². The van der Waals surface area contributed by atoms with Crippen molar-refractivity contribution in [2.45, 2.75) is 13.3 Å². The van der Waals surface area contributed by atoms with Crippen LogP contribution in [-0.4, -0.2) is 19.5 Å². The number of aromatic amines is 1. The number of nitrogens with zero attached hydrogens (tertiary/aromatic N) is 4. The molecule has 3 heterocycles. The Labute approximate surface area is 154 Å². The molecule has 1 N–H and O–H groups in total. The molecule has 7 nitrogen and oxygen atoms in total. The van der Waals surface area contributed by atoms with Gasteiger partial charge in [-0.25, -0.2) is 19.3 Å². The number of H-pyrrole nitrogens is 1. The van der Waals surface area contributed by atoms with Crippen LogP contribution in [0, 0.1) is 11.3 Å². The predicted molar refractivity (Wildman–Crippen MR) is 100 cm³/mol. The molecule has 0 unspecified atom stereocenters. The van der Waals surface area contributed by atoms with E-state index in [0.29, 0.717) is 34.0 Å². The summed E-state index contributed by atoms with van der Waals surface area (Å²) in [4.78, 5) is 23.5. The van der Waals surface area contributed by atoms with Gasteiger partial charge in [0.25, 0.3) is 0 Å². The average molecular weight is 357 g/mol. The van der Waals surface area contributed by atoms with Gasteiger partial charge in [-0.2, -0.15) is 5.26 Å². The van der Waals surface area contributed by atoms with E-state index in [1.165, 1.54) is 4.57 Å². The molecule has 4 rings (SSSR count). The molecule has 0 saturated carbocycles. The summed E-state index contributed by atoms with van der Waals surface area (Å²) in [6.45, 7) is 1.99. The Morgan fingerprint density at radius 2 is 2.11 bits per heavy atom. The van der Waals surface area contributed by atoms with E-state index in [2.05, 4.69) is 21.0 Å². The van der Waals surface area contributed by atoms with E-state index in [1.807, 2.05) is 13.0 Å². The summed E-state index contributed by atoms with van der Waals surface area (Å²) in [5.41, 5.74) is 3.07. The summed E-state index contributed by atoms with van der Waals surface area (Å²) in [6.07, 6.45) is 3.93. The van der Waals surface area contributed by atoms with Crippen molar-refractivity contribution < 1.29 is 4.74 Å². The third-order valence-corrected chi connectivity index (χ3v) is 4.22. The number of nitrogens with one attached hydrogen (secondary N) is 1. The van der Waals surface area contributed by atoms with E-state index in [9.17, 15) is 4.79 Å². The summed E-state index contributed by atoms with van der Waals surface area (Å²) < 4.78 is 7.24. The Morgan fingerprint density at radius 1 is 1.22 bits per heavy atom. The fourth-order valence-electron chi connectivity index (χ4n) is 2.90. The Hall–Kier alpha value is -3.92. The third kappa shape index (κ3) is 3.04. The van der Waals surface area contributed by atoms with Gasteiger partial charge in [-0.3, -0.25) is 0 Å². The first kappa shape index (κ1) is 16.5. The van der Waals surface area contributed by atoms with Gasteiger partial charge in [0.2, 0.25) is 5.88 Å². The largest absolute Gasteiger partial charge is 0.439 e. The van der Waals surface area contributed by atoms with E-state index in [1.54, 1.807) is 48.8 Å². The molecule has 0 spiro atoms. The summed E-state index contributed by atoms with van der Waals surface area (Å²) in [5, 5.41) is 9.11. The average Bonchev–Trinajstić information content (AvgIpc) is 3.04. The topological polar surface area (TPSA) is 96.6 Å². The molecule has 0 saturated heterocycles. The number of rotatable bonds is 4. The maximum absolute atomic E-state index is 12.2. The number of nitriles is 1. The Morgan fingerprint density at radius 3 is 2.85 bits per heavy atom. The summed E-state index contributed by atoms with van der Waals surface area (Å²) in [7, 11) is 0. The lowest BCUT2D eigenvalue weighted by molar-refractivity contribution is 0.462. The minimum atomic E-state index is -0.279. The van der Waals surface area contributed by atoms with Crippen molar-refractivity contribution in [3.8, 4) is 23.4 Å². The number of ether oxygens (including phenoxy) is 1. The zero-order valence-corrected chi connectivity index (χ0v) is 14.5. The van der Waals surface area contributed by atoms with Crippen LogP contribution >= 0.6 is 0 Å². The molecule has 7 heteroatoms. The van der Waals surface area contributed by atoms with Gasteiger partial charge in [0.05, 0.1) is 29.0 Å². The molecule has 132 valence electrons. The van der Waals surface area contributed by atoms with Gasteiger partial charge in [0.15, 0.2) is 5.65 Å². The van der Waals surface area contributed by atoms with Gasteiger partial charge in [-0.05, 0) is 48.4 Å². The van der Waals surface area contributed by atoms with Gasteiger partial charge in [-0.1, -0.05) is 6.92 Å². The predicted octanol–water partition coefficient (Wildman–Crippen LogP) is 3.34. The van der Waals surface area contributed by atoms with Crippen LogP contribution in [0.25, 0.3) is 16.9 Å². The first-order valence-electron chi connectivity index (χ1n) is 8.42. The van der Waals surface area contributed by atoms with E-state index in [4.69, 9.17) is 10.00 Å². The van der Waals surface area contributed by atoms with Crippen molar-refractivity contribution >= 4 is 11.2 Å². The van der Waals surface area contributed by atoms with Crippen LogP contribution in [0.4, 0.5) is 0 Å². The highest BCUT2D eigenvalue weighted by atomic mass is 16.5. The lowest BCUT2D eigenvalue weighted by Gasteiger charge is -2.08. The highest BCUT2D eigenvalue weighted by Crippen LogP contribution is 2.24. The highest BCUT2D eigenvalue weighted by molar-refractivity contribution is 5.72. The lowest BCUT2D eigenvalue weighted by atomic mass is 10.1. The minimum Gasteiger partial charge on any atom is -0.439 e. The Kier molecular flexibility index (Phi) is 4.15. The number of hydrogen-bond donors (Lipinski definition) is 1. The van der Waals surface area contributed by atoms with Gasteiger partial charge in [-0.15, -0.1) is 0 Å². The van der Waals surface area contributed by atoms with E-state index in [0.717, 1.165) is 12.0 Å². The van der Waals surface area contributed by atoms with Crippen molar-refractivity contribution in [2.24, 2.45) is 0 Å². The number of fused-ring (bicyclic) bond motifs is 1. The highest BCUT2D eigenvalue weighted by Gasteiger charge is 2.10. The van der Waals surface area contributed by atoms with Gasteiger partial charge in [0, 0.05) is 12.3 Å². The van der Waals surface area contributed by atoms with Crippen LogP contribution < -0.4 is 10.4 Å². The zero-order valence-electron chi connectivity index (χ0n) is 14.5. The fraction of sp³-hybridized carbons (Fsp3) is 0.100. The quantitative estimate of drug-likeness (QED) is 0.604. The molecule has 0 atom stereocenters. The van der Waals surface area contributed by atoms with Gasteiger partial charge >= 0.3 is 5.69 Å². The fourth-order valence-corrected chi connectivity index (χ4v) is 2.90. The third-order valence-electron chi connectivity index (χ3n) is 4.22. The zero-order chi connectivity index (χ0) is 18.8. The Bertz CT molecular complexity index is 1220. The van der Waals surface area contributed by atoms with Crippen molar-refractivity contribution in [3.63, 3.8) is 0 Å². The van der Waals surface area contributed by atoms with Crippen LogP contribution in [0.15, 0.2) is 59.7 Å². The molecule has 1 aromatic carbocycles. The number of imidazole rings is 1. The molecule has 0 aliphatic heterocycles. The smallest absolute Gasteiger partial charge is 0.332 e. The van der Waals surface area contributed by atoms with Crippen LogP contribution in [0.3, 0.4) is 0 Å². The number of pyridine rings is 2. The first-order valence-corrected chi connectivity index (χ1v) is 8.42. The molecule has 0 bridgehead atoms. The maximum atomic E-state index is 12.2. The molecule has 27 heavy (non-hydrogen) atoms. The van der Waals surface area contributed by atoms with E-state index >= 15 is 0 Å². The SMILES string of the molecule is CCc1cc(Oc2ccc(-n3c(=O)[nH]c4cccnc43)cn2)ccc1C#N. The van der Waals surface area contributed by atoms with Gasteiger partial charge in [0.1, 0.15) is 5.75 Å². The number of benzene rings is 1. The second-order valence-corrected chi connectivity index (χ2v) is 5.88. The monoisotopic (exact) mass is 357 g/mol. The van der Waals surface area contributed by atoms with Gasteiger partial charge < -0.3 is 9.72 Å². The summed E-state index contributed by atoms with van der Waals surface area (Å²) in [6, 6.07) is 14.5. The van der Waals surface area contributed by atoms with Crippen molar-refractivity contribution in [1.29, 1.82) is 5.26 Å². The molecular formula is C20H15N5O2. The molecule has 0 aliphatic carbocycles. The molecule has 3 aromatic heterocycles. The van der Waals surface area contributed by atoms with Crippen LogP contribution in [-0.2, 0) is 6.42 Å². The lowest BCUT2D eigenvalue weighted by Crippen LogP contribution is -2.15. The van der Waals surface area contributed by atoms with Crippen molar-refractivity contribution in [1.82, 2.24) is 19.5 Å².